The van der Waals surface area contributed by atoms with Crippen LogP contribution in [0.4, 0.5) is 0 Å². The molecule has 1 aromatic heterocycles. The molecule has 0 radical (unpaired) electrons. The summed E-state index contributed by atoms with van der Waals surface area (Å²) in [6.07, 6.45) is 6.42. The Labute approximate surface area is 132 Å². The second-order valence-electron chi connectivity index (χ2n) is 4.79. The van der Waals surface area contributed by atoms with Gasteiger partial charge >= 0.3 is 0 Å². The minimum absolute atomic E-state index is 0.268. The van der Waals surface area contributed by atoms with Crippen molar-refractivity contribution in [3.05, 3.63) is 28.9 Å². The number of aliphatic carboxylic acids is 1. The van der Waals surface area contributed by atoms with Crippen molar-refractivity contribution in [3.63, 3.8) is 0 Å². The zero-order chi connectivity index (χ0) is 15.6. The second-order valence-corrected chi connectivity index (χ2v) is 6.46. The number of nitrogens with zero attached hydrogens (tertiary/aromatic N) is 2. The van der Waals surface area contributed by atoms with Crippen LogP contribution in [0.25, 0.3) is 6.08 Å². The van der Waals surface area contributed by atoms with Crippen molar-refractivity contribution in [1.82, 2.24) is 9.47 Å². The van der Waals surface area contributed by atoms with Gasteiger partial charge in [-0.1, -0.05) is 37.3 Å². The molecule has 21 heavy (non-hydrogen) atoms. The molecule has 2 rings (SSSR count). The van der Waals surface area contributed by atoms with Crippen LogP contribution < -0.4 is 5.11 Å². The van der Waals surface area contributed by atoms with Gasteiger partial charge in [-0.15, -0.1) is 0 Å². The molecule has 1 saturated heterocycles. The van der Waals surface area contributed by atoms with E-state index in [1.165, 1.54) is 0 Å². The van der Waals surface area contributed by atoms with Crippen molar-refractivity contribution < 1.29 is 14.7 Å². The predicted octanol–water partition coefficient (Wildman–Crippen LogP) is 1.14. The maximum Gasteiger partial charge on any atom is 0.266 e. The van der Waals surface area contributed by atoms with Gasteiger partial charge in [-0.25, -0.2) is 0 Å². The fourth-order valence-electron chi connectivity index (χ4n) is 2.14. The molecule has 0 spiro atoms. The summed E-state index contributed by atoms with van der Waals surface area (Å²) in [5.74, 6) is -1.63. The molecule has 5 nitrogen and oxygen atoms in total. The number of carbonyl (C=O) groups excluding carboxylic acids is 2. The van der Waals surface area contributed by atoms with Crippen LogP contribution in [0.5, 0.6) is 0 Å². The summed E-state index contributed by atoms with van der Waals surface area (Å²) in [5.41, 5.74) is 0.874. The number of carboxylic acid groups (broad SMARTS) is 1. The van der Waals surface area contributed by atoms with Crippen molar-refractivity contribution in [3.8, 4) is 0 Å². The Balaban J connectivity index is 2.27. The summed E-state index contributed by atoms with van der Waals surface area (Å²) in [6.45, 7) is 1.85. The molecular weight excluding hydrogens is 308 g/mol. The first-order chi connectivity index (χ1) is 9.93. The number of aryl methyl sites for hydroxylation is 1. The standard InChI is InChI=1S/C14H16N2O3S2/c1-3-4-10(13(18)19)16-12(17)11(21-14(16)20)7-9-5-6-15(2)8-9/h5-8,10H,3-4H2,1-2H3,(H,18,19)/p-1/b11-7+/t10-/m1/s1. The van der Waals surface area contributed by atoms with Crippen molar-refractivity contribution >= 4 is 46.3 Å². The lowest BCUT2D eigenvalue weighted by Gasteiger charge is -2.27. The lowest BCUT2D eigenvalue weighted by atomic mass is 10.1. The van der Waals surface area contributed by atoms with E-state index in [2.05, 4.69) is 0 Å². The third-order valence-electron chi connectivity index (χ3n) is 3.12. The molecule has 1 aliphatic heterocycles. The third-order valence-corrected chi connectivity index (χ3v) is 4.45. The van der Waals surface area contributed by atoms with Crippen LogP contribution in [0.2, 0.25) is 0 Å². The highest BCUT2D eigenvalue weighted by atomic mass is 32.2. The predicted molar refractivity (Wildman–Crippen MR) is 84.1 cm³/mol. The van der Waals surface area contributed by atoms with Gasteiger partial charge in [0.25, 0.3) is 5.91 Å². The highest BCUT2D eigenvalue weighted by molar-refractivity contribution is 8.26. The van der Waals surface area contributed by atoms with E-state index in [-0.39, 0.29) is 10.2 Å². The molecule has 1 fully saturated rings. The van der Waals surface area contributed by atoms with Gasteiger partial charge in [-0.3, -0.25) is 9.69 Å². The molecule has 112 valence electrons. The normalized spacial score (nSPS) is 18.6. The lowest BCUT2D eigenvalue weighted by Crippen LogP contribution is -2.49. The van der Waals surface area contributed by atoms with Gasteiger partial charge in [-0.2, -0.15) is 0 Å². The average Bonchev–Trinajstić information content (AvgIpc) is 2.93. The van der Waals surface area contributed by atoms with E-state index < -0.39 is 12.0 Å². The Hall–Kier alpha value is -1.60. The van der Waals surface area contributed by atoms with Gasteiger partial charge in [0.1, 0.15) is 4.32 Å². The lowest BCUT2D eigenvalue weighted by molar-refractivity contribution is -0.310. The summed E-state index contributed by atoms with van der Waals surface area (Å²) in [5, 5.41) is 11.2. The fraction of sp³-hybridized carbons (Fsp3) is 0.357. The molecular formula is C14H15N2O3S2-. The number of carbonyl (C=O) groups is 2. The van der Waals surface area contributed by atoms with E-state index in [0.29, 0.717) is 17.7 Å². The van der Waals surface area contributed by atoms with Gasteiger partial charge < -0.3 is 14.5 Å². The van der Waals surface area contributed by atoms with Crippen LogP contribution in [0.3, 0.4) is 0 Å². The summed E-state index contributed by atoms with van der Waals surface area (Å²) in [7, 11) is 1.88. The molecule has 0 bridgehead atoms. The average molecular weight is 323 g/mol. The van der Waals surface area contributed by atoms with E-state index in [0.717, 1.165) is 22.2 Å². The maximum absolute atomic E-state index is 12.4. The molecule has 7 heteroatoms. The zero-order valence-electron chi connectivity index (χ0n) is 11.7. The molecule has 0 aliphatic carbocycles. The van der Waals surface area contributed by atoms with Gasteiger partial charge in [0.15, 0.2) is 0 Å². The van der Waals surface area contributed by atoms with Crippen molar-refractivity contribution in [2.45, 2.75) is 25.8 Å². The van der Waals surface area contributed by atoms with E-state index in [4.69, 9.17) is 12.2 Å². The van der Waals surface area contributed by atoms with Crippen LogP contribution in [0.1, 0.15) is 25.3 Å². The van der Waals surface area contributed by atoms with E-state index >= 15 is 0 Å². The number of rotatable bonds is 5. The van der Waals surface area contributed by atoms with Gasteiger partial charge in [0.05, 0.1) is 16.9 Å². The number of carboxylic acids is 1. The first-order valence-corrected chi connectivity index (χ1v) is 7.76. The Bertz CT molecular complexity index is 621. The number of amides is 1. The van der Waals surface area contributed by atoms with Crippen molar-refractivity contribution in [1.29, 1.82) is 0 Å². The maximum atomic E-state index is 12.4. The smallest absolute Gasteiger partial charge is 0.266 e. The number of hydrogen-bond acceptors (Lipinski definition) is 5. The van der Waals surface area contributed by atoms with E-state index in [1.807, 2.05) is 37.0 Å². The highest BCUT2D eigenvalue weighted by Gasteiger charge is 2.37. The second kappa shape index (κ2) is 6.44. The Morgan fingerprint density at radius 1 is 1.57 bits per heavy atom. The van der Waals surface area contributed by atoms with Gasteiger partial charge in [0.2, 0.25) is 0 Å². The van der Waals surface area contributed by atoms with Crippen LogP contribution in [-0.4, -0.2) is 31.7 Å². The summed E-state index contributed by atoms with van der Waals surface area (Å²) >= 11 is 6.28. The SMILES string of the molecule is CCC[C@H](C(=O)[O-])N1C(=O)/C(=C\c2ccn(C)c2)SC1=S. The van der Waals surface area contributed by atoms with Crippen LogP contribution >= 0.6 is 24.0 Å². The molecule has 1 amide bonds. The van der Waals surface area contributed by atoms with Gasteiger partial charge in [0, 0.05) is 19.4 Å². The summed E-state index contributed by atoms with van der Waals surface area (Å²) in [4.78, 5) is 25.2. The topological polar surface area (TPSA) is 65.4 Å². The molecule has 1 aromatic rings. The van der Waals surface area contributed by atoms with Crippen molar-refractivity contribution in [2.75, 3.05) is 0 Å². The third kappa shape index (κ3) is 3.36. The van der Waals surface area contributed by atoms with Crippen LogP contribution in [0.15, 0.2) is 23.4 Å². The fourth-order valence-corrected chi connectivity index (χ4v) is 3.49. The molecule has 0 saturated carbocycles. The van der Waals surface area contributed by atoms with Crippen LogP contribution in [-0.2, 0) is 16.6 Å². The van der Waals surface area contributed by atoms with Crippen molar-refractivity contribution in [2.24, 2.45) is 7.05 Å². The van der Waals surface area contributed by atoms with E-state index in [9.17, 15) is 14.7 Å². The largest absolute Gasteiger partial charge is 0.548 e. The minimum Gasteiger partial charge on any atom is -0.548 e. The highest BCUT2D eigenvalue weighted by Crippen LogP contribution is 2.34. The Morgan fingerprint density at radius 3 is 2.81 bits per heavy atom. The number of thiocarbonyl (C=S) groups is 1. The first kappa shape index (κ1) is 15.8. The minimum atomic E-state index is -1.27. The van der Waals surface area contributed by atoms with Gasteiger partial charge in [-0.05, 0) is 24.1 Å². The summed E-state index contributed by atoms with van der Waals surface area (Å²) < 4.78 is 2.14. The zero-order valence-corrected chi connectivity index (χ0v) is 13.4. The number of thioether (sulfide) groups is 1. The van der Waals surface area contributed by atoms with Crippen LogP contribution in [0, 0.1) is 0 Å². The Morgan fingerprint density at radius 2 is 2.29 bits per heavy atom. The molecule has 1 aliphatic rings. The first-order valence-electron chi connectivity index (χ1n) is 6.54. The number of hydrogen-bond donors (Lipinski definition) is 0. The van der Waals surface area contributed by atoms with E-state index in [1.54, 1.807) is 6.08 Å². The monoisotopic (exact) mass is 323 g/mol. The molecule has 2 heterocycles. The summed E-state index contributed by atoms with van der Waals surface area (Å²) in [6, 6.07) is 0.874. The molecule has 1 atom stereocenters. The quantitative estimate of drug-likeness (QED) is 0.601. The molecule has 0 N–H and O–H groups in total. The Kier molecular flexibility index (Phi) is 4.84. The number of aromatic nitrogens is 1. The molecule has 0 unspecified atom stereocenters. The molecule has 0 aromatic carbocycles.